The van der Waals surface area contributed by atoms with E-state index in [2.05, 4.69) is 5.32 Å². The van der Waals surface area contributed by atoms with E-state index in [1.165, 1.54) is 21.8 Å². The molecular formula is C17H18N2O2S. The fraction of sp³-hybridized carbons (Fsp3) is 0.412. The number of benzene rings is 1. The summed E-state index contributed by atoms with van der Waals surface area (Å²) in [5.74, 6) is -0.182. The fourth-order valence-corrected chi connectivity index (χ4v) is 5.07. The van der Waals surface area contributed by atoms with Crippen LogP contribution in [-0.4, -0.2) is 22.2 Å². The Morgan fingerprint density at radius 2 is 1.91 bits per heavy atom. The molecule has 2 atom stereocenters. The number of nitrogens with one attached hydrogen (secondary N) is 1. The van der Waals surface area contributed by atoms with Crippen molar-refractivity contribution in [3.05, 3.63) is 46.4 Å². The molecule has 1 N–H and O–H groups in total. The second kappa shape index (κ2) is 5.47. The van der Waals surface area contributed by atoms with Crippen molar-refractivity contribution in [3.8, 4) is 0 Å². The van der Waals surface area contributed by atoms with E-state index in [9.17, 15) is 9.59 Å². The minimum absolute atomic E-state index is 0.0306. The second-order valence-electron chi connectivity index (χ2n) is 6.03. The van der Waals surface area contributed by atoms with Crippen molar-refractivity contribution >= 4 is 23.7 Å². The van der Waals surface area contributed by atoms with Gasteiger partial charge in [-0.15, -0.1) is 11.8 Å². The van der Waals surface area contributed by atoms with Crippen LogP contribution in [0.25, 0.3) is 0 Å². The van der Waals surface area contributed by atoms with Crippen molar-refractivity contribution in [1.82, 2.24) is 10.2 Å². The Bertz CT molecular complexity index is 656. The summed E-state index contributed by atoms with van der Waals surface area (Å²) in [6.45, 7) is 0.349. The van der Waals surface area contributed by atoms with Gasteiger partial charge in [-0.25, -0.2) is 4.79 Å². The highest BCUT2D eigenvalue weighted by Crippen LogP contribution is 2.49. The third-order valence-corrected chi connectivity index (χ3v) is 6.03. The molecule has 3 amide bonds. The zero-order chi connectivity index (χ0) is 15.1. The van der Waals surface area contributed by atoms with Gasteiger partial charge in [0.1, 0.15) is 0 Å². The van der Waals surface area contributed by atoms with Crippen LogP contribution >= 0.6 is 11.8 Å². The Hall–Kier alpha value is -1.75. The molecule has 114 valence electrons. The van der Waals surface area contributed by atoms with E-state index in [4.69, 9.17) is 0 Å². The number of allylic oxidation sites excluding steroid dienone is 1. The van der Waals surface area contributed by atoms with Crippen LogP contribution < -0.4 is 5.32 Å². The number of carbonyl (C=O) groups excluding carboxylic acids is 2. The summed E-state index contributed by atoms with van der Waals surface area (Å²) in [5.41, 5.74) is 2.26. The van der Waals surface area contributed by atoms with Crippen molar-refractivity contribution in [1.29, 1.82) is 0 Å². The van der Waals surface area contributed by atoms with Crippen molar-refractivity contribution < 1.29 is 9.59 Å². The first-order chi connectivity index (χ1) is 10.7. The molecule has 0 saturated carbocycles. The number of amides is 3. The number of imide groups is 1. The predicted octanol–water partition coefficient (Wildman–Crippen LogP) is 3.26. The van der Waals surface area contributed by atoms with Crippen molar-refractivity contribution in [3.63, 3.8) is 0 Å². The third-order valence-electron chi connectivity index (χ3n) is 4.63. The number of carbonyl (C=O) groups is 2. The van der Waals surface area contributed by atoms with Crippen molar-refractivity contribution in [2.45, 2.75) is 37.6 Å². The van der Waals surface area contributed by atoms with Crippen LogP contribution in [0.1, 0.15) is 31.2 Å². The largest absolute Gasteiger partial charge is 0.325 e. The summed E-state index contributed by atoms with van der Waals surface area (Å²) in [5, 5.41) is 2.94. The summed E-state index contributed by atoms with van der Waals surface area (Å²) in [6, 6.07) is 9.42. The van der Waals surface area contributed by atoms with Crippen molar-refractivity contribution in [2.24, 2.45) is 5.92 Å². The molecule has 1 fully saturated rings. The maximum Gasteiger partial charge on any atom is 0.325 e. The van der Waals surface area contributed by atoms with E-state index in [1.54, 1.807) is 11.8 Å². The number of hydrogen-bond acceptors (Lipinski definition) is 3. The molecule has 1 aromatic carbocycles. The Kier molecular flexibility index (Phi) is 3.45. The first kappa shape index (κ1) is 13.9. The molecule has 0 radical (unpaired) electrons. The minimum Gasteiger partial charge on any atom is -0.324 e. The van der Waals surface area contributed by atoms with E-state index in [1.807, 2.05) is 30.3 Å². The zero-order valence-corrected chi connectivity index (χ0v) is 13.1. The van der Waals surface area contributed by atoms with Gasteiger partial charge in [0.05, 0.1) is 17.8 Å². The number of nitrogens with zero attached hydrogens (tertiary/aromatic N) is 1. The second-order valence-corrected chi connectivity index (χ2v) is 7.27. The first-order valence-electron chi connectivity index (χ1n) is 7.78. The molecule has 2 unspecified atom stereocenters. The van der Waals surface area contributed by atoms with Gasteiger partial charge in [0.2, 0.25) is 5.91 Å². The molecule has 1 saturated heterocycles. The van der Waals surface area contributed by atoms with Crippen LogP contribution in [0.5, 0.6) is 0 Å². The van der Waals surface area contributed by atoms with Crippen LogP contribution in [0.15, 0.2) is 40.8 Å². The number of thioether (sulfide) groups is 1. The Morgan fingerprint density at radius 1 is 1.14 bits per heavy atom. The molecule has 2 heterocycles. The number of urea groups is 1. The highest BCUT2D eigenvalue weighted by molar-refractivity contribution is 8.04. The molecule has 0 bridgehead atoms. The van der Waals surface area contributed by atoms with Crippen LogP contribution in [0, 0.1) is 5.92 Å². The van der Waals surface area contributed by atoms with Gasteiger partial charge < -0.3 is 5.32 Å². The summed E-state index contributed by atoms with van der Waals surface area (Å²) >= 11 is 1.69. The Labute approximate surface area is 133 Å². The molecule has 0 spiro atoms. The van der Waals surface area contributed by atoms with Gasteiger partial charge in [-0.05, 0) is 41.7 Å². The van der Waals surface area contributed by atoms with Gasteiger partial charge in [-0.3, -0.25) is 9.69 Å². The lowest BCUT2D eigenvalue weighted by molar-refractivity contribution is -0.133. The topological polar surface area (TPSA) is 49.4 Å². The molecule has 1 aromatic rings. The van der Waals surface area contributed by atoms with E-state index < -0.39 is 0 Å². The lowest BCUT2D eigenvalue weighted by Crippen LogP contribution is -2.57. The molecule has 0 aromatic heterocycles. The first-order valence-corrected chi connectivity index (χ1v) is 8.66. The highest BCUT2D eigenvalue weighted by Gasteiger charge is 2.48. The summed E-state index contributed by atoms with van der Waals surface area (Å²) in [7, 11) is 0. The van der Waals surface area contributed by atoms with E-state index >= 15 is 0 Å². The molecule has 3 aliphatic rings. The fourth-order valence-electron chi connectivity index (χ4n) is 3.54. The van der Waals surface area contributed by atoms with Crippen LogP contribution in [0.3, 0.4) is 0 Å². The number of rotatable bonds is 2. The lowest BCUT2D eigenvalue weighted by Gasteiger charge is -2.34. The number of fused-ring (bicyclic) bond motifs is 2. The summed E-state index contributed by atoms with van der Waals surface area (Å²) < 4.78 is 0. The maximum absolute atomic E-state index is 12.9. The Balaban J connectivity index is 1.60. The molecule has 1 aliphatic carbocycles. The number of hydrogen-bond donors (Lipinski definition) is 1. The van der Waals surface area contributed by atoms with E-state index in [0.29, 0.717) is 6.54 Å². The SMILES string of the molecule is O=C1NC2SC3=C(CCCC3)C2C(=O)N1Cc1ccccc1. The summed E-state index contributed by atoms with van der Waals surface area (Å²) in [4.78, 5) is 27.9. The smallest absolute Gasteiger partial charge is 0.324 e. The van der Waals surface area contributed by atoms with Crippen LogP contribution in [0.2, 0.25) is 0 Å². The standard InChI is InChI=1S/C17H18N2O2S/c20-16-14-12-8-4-5-9-13(12)22-15(14)18-17(21)19(16)10-11-6-2-1-3-7-11/h1-3,6-7,14-15H,4-5,8-10H2,(H,18,21). The average molecular weight is 314 g/mol. The third kappa shape index (κ3) is 2.24. The molecule has 5 heteroatoms. The van der Waals surface area contributed by atoms with Gasteiger partial charge >= 0.3 is 6.03 Å². The van der Waals surface area contributed by atoms with Gasteiger partial charge in [-0.2, -0.15) is 0 Å². The quantitative estimate of drug-likeness (QED) is 0.911. The van der Waals surface area contributed by atoms with Crippen molar-refractivity contribution in [2.75, 3.05) is 0 Å². The van der Waals surface area contributed by atoms with E-state index in [0.717, 1.165) is 24.8 Å². The molecule has 22 heavy (non-hydrogen) atoms. The van der Waals surface area contributed by atoms with Gasteiger partial charge in [0.25, 0.3) is 0 Å². The summed E-state index contributed by atoms with van der Waals surface area (Å²) in [6.07, 6.45) is 4.42. The maximum atomic E-state index is 12.9. The minimum atomic E-state index is -0.262. The molecule has 2 aliphatic heterocycles. The van der Waals surface area contributed by atoms with Crippen LogP contribution in [0.4, 0.5) is 4.79 Å². The Morgan fingerprint density at radius 3 is 2.73 bits per heavy atom. The molecule has 4 rings (SSSR count). The molecular weight excluding hydrogens is 296 g/mol. The van der Waals surface area contributed by atoms with Gasteiger partial charge in [-0.1, -0.05) is 30.3 Å². The zero-order valence-electron chi connectivity index (χ0n) is 12.2. The lowest BCUT2D eigenvalue weighted by atomic mass is 9.87. The average Bonchev–Trinajstić information content (AvgIpc) is 2.90. The van der Waals surface area contributed by atoms with Gasteiger partial charge in [0.15, 0.2) is 0 Å². The molecule has 4 nitrogen and oxygen atoms in total. The monoisotopic (exact) mass is 314 g/mol. The highest BCUT2D eigenvalue weighted by atomic mass is 32.2. The normalized spacial score (nSPS) is 27.5. The van der Waals surface area contributed by atoms with E-state index in [-0.39, 0.29) is 23.2 Å². The van der Waals surface area contributed by atoms with Gasteiger partial charge in [0, 0.05) is 0 Å². The predicted molar refractivity (Wildman–Crippen MR) is 85.9 cm³/mol. The van der Waals surface area contributed by atoms with Crippen LogP contribution in [-0.2, 0) is 11.3 Å².